The summed E-state index contributed by atoms with van der Waals surface area (Å²) >= 11 is 6.26. The zero-order valence-electron chi connectivity index (χ0n) is 12.1. The van der Waals surface area contributed by atoms with Crippen LogP contribution >= 0.6 is 11.6 Å². The second-order valence-corrected chi connectivity index (χ2v) is 5.45. The molecule has 0 radical (unpaired) electrons. The Balaban J connectivity index is 2.24. The van der Waals surface area contributed by atoms with Gasteiger partial charge < -0.3 is 4.42 Å². The smallest absolute Gasteiger partial charge is 0.399 e. The number of aryl methyl sites for hydroxylation is 1. The van der Waals surface area contributed by atoms with Crippen LogP contribution in [0.5, 0.6) is 0 Å². The van der Waals surface area contributed by atoms with Gasteiger partial charge in [-0.25, -0.2) is 14.6 Å². The van der Waals surface area contributed by atoms with Crippen molar-refractivity contribution < 1.29 is 9.34 Å². The van der Waals surface area contributed by atoms with E-state index < -0.39 is 4.92 Å². The number of halogens is 1. The molecule has 0 aliphatic heterocycles. The van der Waals surface area contributed by atoms with Gasteiger partial charge >= 0.3 is 5.88 Å². The summed E-state index contributed by atoms with van der Waals surface area (Å²) in [5.74, 6) is 0.618. The molecule has 0 saturated carbocycles. The highest BCUT2D eigenvalue weighted by Gasteiger charge is 2.22. The number of hydrogen-bond donors (Lipinski definition) is 0. The van der Waals surface area contributed by atoms with Crippen LogP contribution in [0, 0.1) is 10.1 Å². The maximum Gasteiger partial charge on any atom is 0.433 e. The summed E-state index contributed by atoms with van der Waals surface area (Å²) in [4.78, 5) is 18.8. The summed E-state index contributed by atoms with van der Waals surface area (Å²) in [6, 6.07) is 2.75. The minimum atomic E-state index is -0.608. The van der Waals surface area contributed by atoms with Crippen LogP contribution in [0.15, 0.2) is 16.5 Å². The monoisotopic (exact) mass is 321 g/mol. The minimum absolute atomic E-state index is 0.116. The highest BCUT2D eigenvalue weighted by atomic mass is 35.5. The molecule has 0 atom stereocenters. The first-order valence-corrected chi connectivity index (χ1v) is 6.91. The molecule has 0 aliphatic carbocycles. The fourth-order valence-corrected chi connectivity index (χ4v) is 2.37. The number of aromatic nitrogens is 4. The maximum absolute atomic E-state index is 10.7. The number of furan rings is 1. The minimum Gasteiger partial charge on any atom is -0.399 e. The average Bonchev–Trinajstić information content (AvgIpc) is 3.04. The van der Waals surface area contributed by atoms with Crippen LogP contribution in [-0.4, -0.2) is 24.7 Å². The number of nitro groups is 1. The molecule has 0 unspecified atom stereocenters. The van der Waals surface area contributed by atoms with Crippen LogP contribution in [0.25, 0.3) is 22.5 Å². The Morgan fingerprint density at radius 2 is 2.09 bits per heavy atom. The zero-order chi connectivity index (χ0) is 16.0. The standard InChI is InChI=1S/C13H12ClN5O3/c1-6(2)12-15-11(14)9-10(17-18(3)13(9)16-12)7-4-5-8(22-7)19(20)21/h4-6H,1-3H3. The highest BCUT2D eigenvalue weighted by molar-refractivity contribution is 6.35. The van der Waals surface area contributed by atoms with Crippen molar-refractivity contribution in [1.29, 1.82) is 0 Å². The molecular formula is C13H12ClN5O3. The van der Waals surface area contributed by atoms with Crippen molar-refractivity contribution in [2.45, 2.75) is 19.8 Å². The first kappa shape index (κ1) is 14.5. The number of hydrogen-bond acceptors (Lipinski definition) is 6. The summed E-state index contributed by atoms with van der Waals surface area (Å²) in [5, 5.41) is 15.8. The van der Waals surface area contributed by atoms with E-state index in [1.807, 2.05) is 13.8 Å². The third kappa shape index (κ3) is 2.21. The zero-order valence-corrected chi connectivity index (χ0v) is 12.8. The van der Waals surface area contributed by atoms with Crippen LogP contribution in [0.4, 0.5) is 5.88 Å². The summed E-state index contributed by atoms with van der Waals surface area (Å²) in [5.41, 5.74) is 0.934. The van der Waals surface area contributed by atoms with Gasteiger partial charge in [0.15, 0.2) is 11.4 Å². The van der Waals surface area contributed by atoms with E-state index >= 15 is 0 Å². The predicted molar refractivity (Wildman–Crippen MR) is 79.8 cm³/mol. The molecule has 0 aromatic carbocycles. The van der Waals surface area contributed by atoms with E-state index in [1.54, 1.807) is 11.7 Å². The fraction of sp³-hybridized carbons (Fsp3) is 0.308. The van der Waals surface area contributed by atoms with Gasteiger partial charge in [0.25, 0.3) is 0 Å². The van der Waals surface area contributed by atoms with E-state index in [9.17, 15) is 10.1 Å². The molecule has 0 bridgehead atoms. The molecule has 0 amide bonds. The number of nitrogens with zero attached hydrogens (tertiary/aromatic N) is 5. The molecule has 9 heteroatoms. The van der Waals surface area contributed by atoms with Crippen molar-refractivity contribution in [2.75, 3.05) is 0 Å². The van der Waals surface area contributed by atoms with Crippen molar-refractivity contribution in [3.8, 4) is 11.5 Å². The third-order valence-electron chi connectivity index (χ3n) is 3.18. The largest absolute Gasteiger partial charge is 0.433 e. The summed E-state index contributed by atoms with van der Waals surface area (Å²) < 4.78 is 6.75. The SMILES string of the molecule is CC(C)c1nc(Cl)c2c(-c3ccc([N+](=O)[O-])o3)nn(C)c2n1. The van der Waals surface area contributed by atoms with Crippen LogP contribution in [0.1, 0.15) is 25.6 Å². The molecule has 0 aliphatic rings. The Morgan fingerprint density at radius 1 is 1.36 bits per heavy atom. The molecule has 3 aromatic rings. The third-order valence-corrected chi connectivity index (χ3v) is 3.45. The van der Waals surface area contributed by atoms with Crippen molar-refractivity contribution in [3.63, 3.8) is 0 Å². The van der Waals surface area contributed by atoms with E-state index in [0.29, 0.717) is 22.6 Å². The van der Waals surface area contributed by atoms with Gasteiger partial charge in [0.05, 0.1) is 11.5 Å². The van der Waals surface area contributed by atoms with Gasteiger partial charge in [-0.2, -0.15) is 5.10 Å². The Morgan fingerprint density at radius 3 is 2.68 bits per heavy atom. The molecule has 3 rings (SSSR count). The van der Waals surface area contributed by atoms with Gasteiger partial charge in [-0.3, -0.25) is 10.1 Å². The van der Waals surface area contributed by atoms with E-state index in [-0.39, 0.29) is 22.7 Å². The summed E-state index contributed by atoms with van der Waals surface area (Å²) in [7, 11) is 1.72. The number of fused-ring (bicyclic) bond motifs is 1. The van der Waals surface area contributed by atoms with Gasteiger partial charge in [-0.15, -0.1) is 0 Å². The van der Waals surface area contributed by atoms with Gasteiger partial charge in [-0.05, 0) is 6.07 Å². The van der Waals surface area contributed by atoms with Crippen LogP contribution in [0.2, 0.25) is 5.15 Å². The van der Waals surface area contributed by atoms with Crippen molar-refractivity contribution >= 4 is 28.5 Å². The Kier molecular flexibility index (Phi) is 3.32. The molecule has 0 saturated heterocycles. The quantitative estimate of drug-likeness (QED) is 0.417. The van der Waals surface area contributed by atoms with Gasteiger partial charge in [0.2, 0.25) is 0 Å². The molecule has 22 heavy (non-hydrogen) atoms. The van der Waals surface area contributed by atoms with E-state index in [1.165, 1.54) is 12.1 Å². The second kappa shape index (κ2) is 5.06. The van der Waals surface area contributed by atoms with E-state index in [0.717, 1.165) is 0 Å². The molecule has 3 heterocycles. The molecule has 0 fully saturated rings. The Hall–Kier alpha value is -2.48. The van der Waals surface area contributed by atoms with Crippen LogP contribution in [-0.2, 0) is 7.05 Å². The lowest BCUT2D eigenvalue weighted by Crippen LogP contribution is -2.00. The van der Waals surface area contributed by atoms with Crippen LogP contribution in [0.3, 0.4) is 0 Å². The van der Waals surface area contributed by atoms with E-state index in [4.69, 9.17) is 16.0 Å². The topological polar surface area (TPSA) is 99.9 Å². The van der Waals surface area contributed by atoms with Gasteiger partial charge in [-0.1, -0.05) is 25.4 Å². The van der Waals surface area contributed by atoms with Crippen LogP contribution < -0.4 is 0 Å². The molecule has 3 aromatic heterocycles. The molecule has 0 spiro atoms. The second-order valence-electron chi connectivity index (χ2n) is 5.09. The van der Waals surface area contributed by atoms with Gasteiger partial charge in [0.1, 0.15) is 21.6 Å². The first-order chi connectivity index (χ1) is 10.4. The summed E-state index contributed by atoms with van der Waals surface area (Å²) in [6.07, 6.45) is 0. The fourth-order valence-electron chi connectivity index (χ4n) is 2.11. The molecular weight excluding hydrogens is 310 g/mol. The molecule has 8 nitrogen and oxygen atoms in total. The van der Waals surface area contributed by atoms with Gasteiger partial charge in [0, 0.05) is 13.0 Å². The average molecular weight is 322 g/mol. The highest BCUT2D eigenvalue weighted by Crippen LogP contribution is 2.34. The molecule has 0 N–H and O–H groups in total. The Bertz CT molecular complexity index is 883. The maximum atomic E-state index is 10.7. The Labute approximate surface area is 129 Å². The van der Waals surface area contributed by atoms with Crippen molar-refractivity contribution in [1.82, 2.24) is 19.7 Å². The van der Waals surface area contributed by atoms with Crippen molar-refractivity contribution in [2.24, 2.45) is 7.05 Å². The lowest BCUT2D eigenvalue weighted by atomic mass is 10.2. The summed E-state index contributed by atoms with van der Waals surface area (Å²) in [6.45, 7) is 3.93. The number of rotatable bonds is 3. The van der Waals surface area contributed by atoms with E-state index in [2.05, 4.69) is 15.1 Å². The first-order valence-electron chi connectivity index (χ1n) is 6.53. The lowest BCUT2D eigenvalue weighted by molar-refractivity contribution is -0.401. The lowest BCUT2D eigenvalue weighted by Gasteiger charge is -2.04. The molecule has 114 valence electrons. The predicted octanol–water partition coefficient (Wildman–Crippen LogP) is 3.31. The van der Waals surface area contributed by atoms with Crippen molar-refractivity contribution in [3.05, 3.63) is 33.2 Å². The normalized spacial score (nSPS) is 11.5.